The number of hydrogen-bond acceptors (Lipinski definition) is 3. The molecule has 0 radical (unpaired) electrons. The van der Waals surface area contributed by atoms with E-state index in [0.717, 1.165) is 0 Å². The van der Waals surface area contributed by atoms with Crippen LogP contribution in [0.4, 0.5) is 0 Å². The first-order chi connectivity index (χ1) is 6.65. The minimum absolute atomic E-state index is 0.0294. The van der Waals surface area contributed by atoms with Crippen LogP contribution in [0.3, 0.4) is 0 Å². The van der Waals surface area contributed by atoms with Crippen LogP contribution in [0.1, 0.15) is 24.2 Å². The minimum atomic E-state index is -0.346. The first-order valence-electron chi connectivity index (χ1n) is 4.41. The summed E-state index contributed by atoms with van der Waals surface area (Å²) in [4.78, 5) is 11.3. The summed E-state index contributed by atoms with van der Waals surface area (Å²) in [5, 5.41) is 0. The molecule has 0 aliphatic carbocycles. The molecule has 0 aliphatic rings. The van der Waals surface area contributed by atoms with E-state index in [-0.39, 0.29) is 12.0 Å². The molecule has 1 amide bonds. The Hall–Kier alpha value is -1.55. The molecule has 4 heteroatoms. The second kappa shape index (κ2) is 4.62. The fourth-order valence-corrected chi connectivity index (χ4v) is 1.09. The van der Waals surface area contributed by atoms with E-state index < -0.39 is 0 Å². The lowest BCUT2D eigenvalue weighted by molar-refractivity contribution is 0.0948. The third kappa shape index (κ3) is 2.47. The van der Waals surface area contributed by atoms with Gasteiger partial charge in [-0.05, 0) is 26.0 Å². The van der Waals surface area contributed by atoms with Gasteiger partial charge in [0.2, 0.25) is 0 Å². The fourth-order valence-electron chi connectivity index (χ4n) is 1.09. The van der Waals surface area contributed by atoms with Gasteiger partial charge in [0, 0.05) is 0 Å². The van der Waals surface area contributed by atoms with Crippen LogP contribution in [0.5, 0.6) is 5.75 Å². The standard InChI is InChI=1S/C10H14N2O2/c1-7(2)14-9-6-4-3-5-8(9)10(13)12-11/h3-7H,11H2,1-2H3,(H,12,13). The Balaban J connectivity index is 2.97. The molecule has 76 valence electrons. The molecule has 0 unspecified atom stereocenters. The summed E-state index contributed by atoms with van der Waals surface area (Å²) in [6.45, 7) is 3.80. The number of carbonyl (C=O) groups excluding carboxylic acids is 1. The largest absolute Gasteiger partial charge is 0.490 e. The molecule has 0 bridgehead atoms. The molecule has 0 aromatic heterocycles. The van der Waals surface area contributed by atoms with Crippen LogP contribution in [0.15, 0.2) is 24.3 Å². The van der Waals surface area contributed by atoms with Crippen molar-refractivity contribution in [2.75, 3.05) is 0 Å². The van der Waals surface area contributed by atoms with Crippen LogP contribution in [0, 0.1) is 0 Å². The zero-order chi connectivity index (χ0) is 10.6. The van der Waals surface area contributed by atoms with E-state index in [1.165, 1.54) is 0 Å². The summed E-state index contributed by atoms with van der Waals surface area (Å²) in [5.74, 6) is 5.25. The van der Waals surface area contributed by atoms with Gasteiger partial charge in [-0.15, -0.1) is 0 Å². The molecule has 1 aromatic carbocycles. The molecule has 0 saturated heterocycles. The summed E-state index contributed by atoms with van der Waals surface area (Å²) in [6.07, 6.45) is 0.0294. The highest BCUT2D eigenvalue weighted by atomic mass is 16.5. The Morgan fingerprint density at radius 2 is 2.07 bits per heavy atom. The number of benzene rings is 1. The number of ether oxygens (including phenoxy) is 1. The summed E-state index contributed by atoms with van der Waals surface area (Å²) in [5.41, 5.74) is 2.52. The summed E-state index contributed by atoms with van der Waals surface area (Å²) >= 11 is 0. The number of nitrogen functional groups attached to an aromatic ring is 1. The Kier molecular flexibility index (Phi) is 3.48. The van der Waals surface area contributed by atoms with E-state index in [2.05, 4.69) is 5.43 Å². The van der Waals surface area contributed by atoms with Gasteiger partial charge in [-0.3, -0.25) is 10.2 Å². The van der Waals surface area contributed by atoms with Gasteiger partial charge < -0.3 is 4.74 Å². The van der Waals surface area contributed by atoms with Crippen molar-refractivity contribution in [3.8, 4) is 5.75 Å². The van der Waals surface area contributed by atoms with Crippen LogP contribution < -0.4 is 16.0 Å². The summed E-state index contributed by atoms with van der Waals surface area (Å²) in [6, 6.07) is 6.98. The molecule has 0 fully saturated rings. The lowest BCUT2D eigenvalue weighted by Gasteiger charge is -2.12. The van der Waals surface area contributed by atoms with E-state index in [4.69, 9.17) is 10.6 Å². The highest BCUT2D eigenvalue weighted by Crippen LogP contribution is 2.18. The predicted molar refractivity (Wildman–Crippen MR) is 53.9 cm³/mol. The first kappa shape index (κ1) is 10.5. The van der Waals surface area contributed by atoms with E-state index in [9.17, 15) is 4.79 Å². The highest BCUT2D eigenvalue weighted by molar-refractivity contribution is 5.96. The number of hydrazine groups is 1. The average molecular weight is 194 g/mol. The van der Waals surface area contributed by atoms with Gasteiger partial charge in [-0.1, -0.05) is 12.1 Å². The number of nitrogens with two attached hydrogens (primary N) is 1. The third-order valence-electron chi connectivity index (χ3n) is 1.63. The minimum Gasteiger partial charge on any atom is -0.490 e. The van der Waals surface area contributed by atoms with E-state index in [1.807, 2.05) is 19.9 Å². The lowest BCUT2D eigenvalue weighted by Crippen LogP contribution is -2.30. The van der Waals surface area contributed by atoms with E-state index >= 15 is 0 Å². The molecule has 0 aliphatic heterocycles. The van der Waals surface area contributed by atoms with Crippen molar-refractivity contribution in [3.63, 3.8) is 0 Å². The summed E-state index contributed by atoms with van der Waals surface area (Å²) < 4.78 is 5.45. The van der Waals surface area contributed by atoms with Gasteiger partial charge in [0.05, 0.1) is 11.7 Å². The zero-order valence-electron chi connectivity index (χ0n) is 8.28. The quantitative estimate of drug-likeness (QED) is 0.430. The Labute approximate surface area is 83.0 Å². The van der Waals surface area contributed by atoms with E-state index in [0.29, 0.717) is 11.3 Å². The Bertz CT molecular complexity index is 324. The monoisotopic (exact) mass is 194 g/mol. The third-order valence-corrected chi connectivity index (χ3v) is 1.63. The van der Waals surface area contributed by atoms with Gasteiger partial charge >= 0.3 is 0 Å². The van der Waals surface area contributed by atoms with Crippen molar-refractivity contribution in [1.82, 2.24) is 5.43 Å². The molecule has 0 spiro atoms. The van der Waals surface area contributed by atoms with Gasteiger partial charge in [-0.2, -0.15) is 0 Å². The summed E-state index contributed by atoms with van der Waals surface area (Å²) in [7, 11) is 0. The van der Waals surface area contributed by atoms with Gasteiger partial charge in [0.15, 0.2) is 0 Å². The second-order valence-corrected chi connectivity index (χ2v) is 3.14. The number of hydrogen-bond donors (Lipinski definition) is 2. The SMILES string of the molecule is CC(C)Oc1ccccc1C(=O)NN. The Morgan fingerprint density at radius 3 is 2.64 bits per heavy atom. The maximum atomic E-state index is 11.3. The molecular formula is C10H14N2O2. The molecule has 1 aromatic rings. The van der Waals surface area contributed by atoms with Crippen molar-refractivity contribution < 1.29 is 9.53 Å². The lowest BCUT2D eigenvalue weighted by atomic mass is 10.2. The van der Waals surface area contributed by atoms with Gasteiger partial charge in [-0.25, -0.2) is 5.84 Å². The maximum absolute atomic E-state index is 11.3. The highest BCUT2D eigenvalue weighted by Gasteiger charge is 2.10. The second-order valence-electron chi connectivity index (χ2n) is 3.14. The molecule has 0 saturated carbocycles. The maximum Gasteiger partial charge on any atom is 0.268 e. The molecule has 14 heavy (non-hydrogen) atoms. The average Bonchev–Trinajstić information content (AvgIpc) is 2.16. The van der Waals surface area contributed by atoms with Crippen molar-refractivity contribution in [1.29, 1.82) is 0 Å². The Morgan fingerprint density at radius 1 is 1.43 bits per heavy atom. The molecule has 1 rings (SSSR count). The molecule has 0 atom stereocenters. The van der Waals surface area contributed by atoms with Crippen LogP contribution >= 0.6 is 0 Å². The number of carbonyl (C=O) groups is 1. The van der Waals surface area contributed by atoms with Crippen molar-refractivity contribution in [2.45, 2.75) is 20.0 Å². The van der Waals surface area contributed by atoms with Crippen molar-refractivity contribution >= 4 is 5.91 Å². The van der Waals surface area contributed by atoms with Crippen LogP contribution in [0.25, 0.3) is 0 Å². The number of amides is 1. The van der Waals surface area contributed by atoms with Crippen molar-refractivity contribution in [3.05, 3.63) is 29.8 Å². The van der Waals surface area contributed by atoms with E-state index in [1.54, 1.807) is 18.2 Å². The van der Waals surface area contributed by atoms with Crippen molar-refractivity contribution in [2.24, 2.45) is 5.84 Å². The molecule has 4 nitrogen and oxygen atoms in total. The van der Waals surface area contributed by atoms with Gasteiger partial charge in [0.1, 0.15) is 5.75 Å². The molecule has 3 N–H and O–H groups in total. The topological polar surface area (TPSA) is 64.3 Å². The fraction of sp³-hybridized carbons (Fsp3) is 0.300. The normalized spacial score (nSPS) is 10.0. The van der Waals surface area contributed by atoms with Crippen LogP contribution in [0.2, 0.25) is 0 Å². The predicted octanol–water partition coefficient (Wildman–Crippen LogP) is 1.08. The van der Waals surface area contributed by atoms with Crippen LogP contribution in [-0.4, -0.2) is 12.0 Å². The first-order valence-corrected chi connectivity index (χ1v) is 4.41. The number of rotatable bonds is 3. The smallest absolute Gasteiger partial charge is 0.268 e. The number of nitrogens with one attached hydrogen (secondary N) is 1. The zero-order valence-corrected chi connectivity index (χ0v) is 8.28. The molecular weight excluding hydrogens is 180 g/mol. The number of para-hydroxylation sites is 1. The molecule has 0 heterocycles. The van der Waals surface area contributed by atoms with Crippen LogP contribution in [-0.2, 0) is 0 Å². The van der Waals surface area contributed by atoms with Gasteiger partial charge in [0.25, 0.3) is 5.91 Å².